The van der Waals surface area contributed by atoms with Crippen LogP contribution < -0.4 is 14.5 Å². The second-order valence-corrected chi connectivity index (χ2v) is 10.4. The lowest BCUT2D eigenvalue weighted by Crippen LogP contribution is -2.48. The smallest absolute Gasteiger partial charge is 0.416 e. The van der Waals surface area contributed by atoms with Crippen LogP contribution >= 0.6 is 0 Å². The van der Waals surface area contributed by atoms with Gasteiger partial charge in [-0.05, 0) is 49.6 Å². The molecule has 10 nitrogen and oxygen atoms in total. The molecule has 3 heterocycles. The summed E-state index contributed by atoms with van der Waals surface area (Å²) in [4.78, 5) is 40.4. The summed E-state index contributed by atoms with van der Waals surface area (Å²) < 4.78 is 98.2. The van der Waals surface area contributed by atoms with E-state index in [2.05, 4.69) is 15.0 Å². The fourth-order valence-corrected chi connectivity index (χ4v) is 5.13. The van der Waals surface area contributed by atoms with Crippen molar-refractivity contribution in [1.29, 1.82) is 0 Å². The number of fused-ring (bicyclic) bond motifs is 1. The van der Waals surface area contributed by atoms with Gasteiger partial charge in [0.1, 0.15) is 6.61 Å². The number of esters is 1. The molecule has 0 bridgehead atoms. The van der Waals surface area contributed by atoms with Crippen LogP contribution in [0.15, 0.2) is 42.7 Å². The van der Waals surface area contributed by atoms with Crippen molar-refractivity contribution in [3.63, 3.8) is 0 Å². The molecule has 46 heavy (non-hydrogen) atoms. The van der Waals surface area contributed by atoms with E-state index < -0.39 is 54.2 Å². The van der Waals surface area contributed by atoms with Crippen molar-refractivity contribution >= 4 is 23.7 Å². The van der Waals surface area contributed by atoms with E-state index in [4.69, 9.17) is 14.2 Å². The Morgan fingerprint density at radius 3 is 2.11 bits per heavy atom. The normalized spacial score (nSPS) is 16.4. The zero-order valence-corrected chi connectivity index (χ0v) is 25.3. The van der Waals surface area contributed by atoms with Crippen molar-refractivity contribution in [3.8, 4) is 5.88 Å². The van der Waals surface area contributed by atoms with Crippen LogP contribution in [-0.4, -0.2) is 46.8 Å². The molecule has 1 amide bonds. The number of anilines is 2. The quantitative estimate of drug-likeness (QED) is 0.180. The first-order valence-corrected chi connectivity index (χ1v) is 14.2. The number of hydrogen-bond acceptors (Lipinski definition) is 9. The number of alkyl halides is 6. The topological polar surface area (TPSA) is 107 Å². The van der Waals surface area contributed by atoms with Gasteiger partial charge in [0.2, 0.25) is 11.8 Å². The van der Waals surface area contributed by atoms with Crippen LogP contribution in [0.1, 0.15) is 67.6 Å². The number of carbonyl (C=O) groups excluding carboxylic acids is 2. The highest BCUT2D eigenvalue weighted by molar-refractivity contribution is 5.90. The molecule has 0 saturated carbocycles. The number of hydrogen-bond donors (Lipinski definition) is 0. The molecular formula is C30H31F6N5O5. The Morgan fingerprint density at radius 2 is 1.59 bits per heavy atom. The summed E-state index contributed by atoms with van der Waals surface area (Å²) in [6, 6.07) is 3.08. The molecule has 1 aromatic carbocycles. The van der Waals surface area contributed by atoms with Gasteiger partial charge in [-0.3, -0.25) is 9.69 Å². The third-order valence-corrected chi connectivity index (χ3v) is 7.22. The van der Waals surface area contributed by atoms with Gasteiger partial charge in [-0.2, -0.15) is 26.3 Å². The van der Waals surface area contributed by atoms with Crippen molar-refractivity contribution in [2.24, 2.45) is 0 Å². The number of methoxy groups -OCH3 is 1. The van der Waals surface area contributed by atoms with Crippen LogP contribution in [0.2, 0.25) is 0 Å². The Balaban J connectivity index is 1.90. The lowest BCUT2D eigenvalue weighted by molar-refractivity contribution is -0.144. The average Bonchev–Trinajstić information content (AvgIpc) is 3.01. The Labute approximate surface area is 260 Å². The van der Waals surface area contributed by atoms with Gasteiger partial charge in [-0.25, -0.2) is 19.7 Å². The molecule has 0 aliphatic carbocycles. The van der Waals surface area contributed by atoms with Gasteiger partial charge < -0.3 is 19.1 Å². The first-order valence-electron chi connectivity index (χ1n) is 14.2. The first kappa shape index (κ1) is 34.2. The van der Waals surface area contributed by atoms with E-state index in [0.29, 0.717) is 29.8 Å². The first-order chi connectivity index (χ1) is 21.7. The van der Waals surface area contributed by atoms with Crippen LogP contribution in [0.4, 0.5) is 42.8 Å². The molecule has 248 valence electrons. The number of rotatable bonds is 9. The second-order valence-electron chi connectivity index (χ2n) is 10.4. The van der Waals surface area contributed by atoms with E-state index in [1.165, 1.54) is 42.3 Å². The zero-order valence-electron chi connectivity index (χ0n) is 25.3. The maximum Gasteiger partial charge on any atom is 0.416 e. The van der Waals surface area contributed by atoms with Gasteiger partial charge in [0.05, 0.1) is 42.3 Å². The number of ether oxygens (including phenoxy) is 3. The van der Waals surface area contributed by atoms with E-state index in [1.54, 1.807) is 13.0 Å². The molecule has 1 unspecified atom stereocenters. The zero-order chi connectivity index (χ0) is 33.8. The maximum absolute atomic E-state index is 13.8. The van der Waals surface area contributed by atoms with Crippen molar-refractivity contribution in [1.82, 2.24) is 15.0 Å². The molecule has 0 spiro atoms. The highest BCUT2D eigenvalue weighted by Gasteiger charge is 2.42. The Morgan fingerprint density at radius 1 is 0.957 bits per heavy atom. The molecule has 4 rings (SSSR count). The molecule has 0 fully saturated rings. The highest BCUT2D eigenvalue weighted by Crippen LogP contribution is 2.44. The van der Waals surface area contributed by atoms with E-state index in [1.807, 2.05) is 6.92 Å². The van der Waals surface area contributed by atoms with Gasteiger partial charge in [0.25, 0.3) is 0 Å². The summed E-state index contributed by atoms with van der Waals surface area (Å²) in [7, 11) is 1.37. The summed E-state index contributed by atoms with van der Waals surface area (Å²) in [5, 5.41) is 0. The number of benzene rings is 1. The van der Waals surface area contributed by atoms with Crippen LogP contribution in [0.5, 0.6) is 5.88 Å². The molecular weight excluding hydrogens is 624 g/mol. The largest absolute Gasteiger partial charge is 0.481 e. The predicted octanol–water partition coefficient (Wildman–Crippen LogP) is 6.87. The number of aromatic nitrogens is 3. The third-order valence-electron chi connectivity index (χ3n) is 7.22. The number of carbonyl (C=O) groups is 2. The van der Waals surface area contributed by atoms with Gasteiger partial charge >= 0.3 is 24.4 Å². The number of amides is 1. The van der Waals surface area contributed by atoms with Crippen molar-refractivity contribution < 1.29 is 50.1 Å². The summed E-state index contributed by atoms with van der Waals surface area (Å²) in [6.45, 7) is 4.11. The Bertz CT molecular complexity index is 1520. The average molecular weight is 656 g/mol. The summed E-state index contributed by atoms with van der Waals surface area (Å²) in [5.74, 6) is -0.456. The molecule has 1 aliphatic rings. The Kier molecular flexibility index (Phi) is 10.3. The molecule has 16 heteroatoms. The van der Waals surface area contributed by atoms with Crippen LogP contribution in [-0.2, 0) is 39.8 Å². The second kappa shape index (κ2) is 13.8. The lowest BCUT2D eigenvalue weighted by atomic mass is 9.92. The minimum absolute atomic E-state index is 0.0564. The number of nitrogens with zero attached hydrogens (tertiary/aromatic N) is 5. The minimum atomic E-state index is -5.06. The van der Waals surface area contributed by atoms with Gasteiger partial charge in [0.15, 0.2) is 0 Å². The van der Waals surface area contributed by atoms with E-state index >= 15 is 0 Å². The van der Waals surface area contributed by atoms with Crippen molar-refractivity contribution in [3.05, 3.63) is 70.7 Å². The molecule has 0 radical (unpaired) electrons. The number of pyridine rings is 1. The monoisotopic (exact) mass is 655 g/mol. The summed E-state index contributed by atoms with van der Waals surface area (Å²) in [5.41, 5.74) is -2.31. The highest BCUT2D eigenvalue weighted by atomic mass is 19.4. The van der Waals surface area contributed by atoms with Gasteiger partial charge in [-0.15, -0.1) is 0 Å². The maximum atomic E-state index is 13.8. The number of halogens is 6. The minimum Gasteiger partial charge on any atom is -0.481 e. The molecule has 1 aliphatic heterocycles. The summed E-state index contributed by atoms with van der Waals surface area (Å²) >= 11 is 0. The van der Waals surface area contributed by atoms with Gasteiger partial charge in [-0.1, -0.05) is 6.92 Å². The van der Waals surface area contributed by atoms with Crippen LogP contribution in [0.25, 0.3) is 0 Å². The molecule has 0 saturated heterocycles. The van der Waals surface area contributed by atoms with E-state index in [-0.39, 0.29) is 48.8 Å². The predicted molar refractivity (Wildman–Crippen MR) is 152 cm³/mol. The SMILES string of the molecule is CCOC(=O)N1c2ccc(OC)nc2C(N(Cc2cc(C(F)(F)F)cc(C(F)(F)F)c2)c2ncc(COC(C)=O)cn2)C[C@H]1CC. The Hall–Kier alpha value is -4.63. The molecule has 0 N–H and O–H groups in total. The van der Waals surface area contributed by atoms with E-state index in [9.17, 15) is 35.9 Å². The van der Waals surface area contributed by atoms with Crippen molar-refractivity contribution in [2.45, 2.75) is 71.2 Å². The molecule has 2 atom stereocenters. The fraction of sp³-hybridized carbons (Fsp3) is 0.433. The lowest BCUT2D eigenvalue weighted by Gasteiger charge is -2.43. The summed E-state index contributed by atoms with van der Waals surface area (Å²) in [6.07, 6.45) is -7.56. The molecule has 3 aromatic rings. The standard InChI is InChI=1S/C30H31F6N5O5/c1-5-22-12-24(26-23(7-8-25(39-26)44-4)41(22)28(43)45-6-2)40(27-37-13-19(14-38-27)16-46-17(3)42)15-18-9-20(29(31,32)33)11-21(10-18)30(34,35)36/h7-11,13-14,22,24H,5-6,12,15-16H2,1-4H3/t22-,24?/m1/s1. The van der Waals surface area contributed by atoms with Gasteiger partial charge in [0, 0.05) is 43.5 Å². The fourth-order valence-electron chi connectivity index (χ4n) is 5.13. The van der Waals surface area contributed by atoms with Crippen LogP contribution in [0.3, 0.4) is 0 Å². The molecule has 2 aromatic heterocycles. The third kappa shape index (κ3) is 7.77. The van der Waals surface area contributed by atoms with Crippen molar-refractivity contribution in [2.75, 3.05) is 23.5 Å². The van der Waals surface area contributed by atoms with Crippen LogP contribution in [0, 0.1) is 0 Å². The van der Waals surface area contributed by atoms with E-state index in [0.717, 1.165) is 0 Å².